The molecule has 1 N–H and O–H groups in total. The minimum absolute atomic E-state index is 0.0189. The number of imide groups is 1. The minimum Gasteiger partial charge on any atom is -0.495 e. The summed E-state index contributed by atoms with van der Waals surface area (Å²) in [5.41, 5.74) is 0.271. The Morgan fingerprint density at radius 1 is 0.824 bits per heavy atom. The molecule has 0 saturated carbocycles. The Labute approximate surface area is 198 Å². The number of sulfonamides is 2. The van der Waals surface area contributed by atoms with Crippen LogP contribution in [-0.4, -0.2) is 53.2 Å². The molecule has 0 radical (unpaired) electrons. The number of piperidine rings is 1. The molecule has 2 saturated heterocycles. The molecule has 0 aromatic heterocycles. The van der Waals surface area contributed by atoms with E-state index in [1.807, 2.05) is 0 Å². The second-order valence-corrected chi connectivity index (χ2v) is 11.7. The third kappa shape index (κ3) is 4.65. The number of benzene rings is 2. The summed E-state index contributed by atoms with van der Waals surface area (Å²) < 4.78 is 61.1. The maximum absolute atomic E-state index is 13.0. The van der Waals surface area contributed by atoms with Crippen molar-refractivity contribution in [3.05, 3.63) is 42.5 Å². The lowest BCUT2D eigenvalue weighted by Gasteiger charge is -2.26. The van der Waals surface area contributed by atoms with Gasteiger partial charge in [0.15, 0.2) is 0 Å². The largest absolute Gasteiger partial charge is 0.495 e. The van der Waals surface area contributed by atoms with E-state index in [1.54, 1.807) is 0 Å². The van der Waals surface area contributed by atoms with Crippen molar-refractivity contribution in [1.82, 2.24) is 4.31 Å². The molecule has 2 aromatic rings. The molecule has 2 aliphatic rings. The summed E-state index contributed by atoms with van der Waals surface area (Å²) in [6, 6.07) is 9.35. The number of carbonyl (C=O) groups is 2. The maximum Gasteiger partial charge on any atom is 0.262 e. The van der Waals surface area contributed by atoms with Gasteiger partial charge in [-0.15, -0.1) is 0 Å². The van der Waals surface area contributed by atoms with E-state index in [-0.39, 0.29) is 45.9 Å². The van der Waals surface area contributed by atoms with Crippen LogP contribution in [0, 0.1) is 0 Å². The van der Waals surface area contributed by atoms with Gasteiger partial charge in [-0.3, -0.25) is 19.2 Å². The first-order valence-corrected chi connectivity index (χ1v) is 13.7. The van der Waals surface area contributed by atoms with Crippen LogP contribution in [0.4, 0.5) is 11.4 Å². The fourth-order valence-corrected chi connectivity index (χ4v) is 6.63. The molecule has 2 aliphatic heterocycles. The van der Waals surface area contributed by atoms with Crippen LogP contribution in [0.15, 0.2) is 52.3 Å². The molecule has 0 aliphatic carbocycles. The first-order chi connectivity index (χ1) is 16.1. The maximum atomic E-state index is 13.0. The topological polar surface area (TPSA) is 130 Å². The Bertz CT molecular complexity index is 1300. The number of amides is 2. The van der Waals surface area contributed by atoms with Gasteiger partial charge < -0.3 is 4.74 Å². The van der Waals surface area contributed by atoms with E-state index in [1.165, 1.54) is 53.9 Å². The van der Waals surface area contributed by atoms with E-state index < -0.39 is 20.0 Å². The van der Waals surface area contributed by atoms with Gasteiger partial charge in [0.1, 0.15) is 5.75 Å². The average Bonchev–Trinajstić information content (AvgIpc) is 3.17. The third-order valence-electron chi connectivity index (χ3n) is 5.82. The Morgan fingerprint density at radius 2 is 1.41 bits per heavy atom. The number of carbonyl (C=O) groups excluding carboxylic acids is 2. The van der Waals surface area contributed by atoms with E-state index in [0.29, 0.717) is 18.8 Å². The van der Waals surface area contributed by atoms with Crippen LogP contribution in [0.2, 0.25) is 0 Å². The van der Waals surface area contributed by atoms with Crippen molar-refractivity contribution in [3.63, 3.8) is 0 Å². The smallest absolute Gasteiger partial charge is 0.262 e. The van der Waals surface area contributed by atoms with E-state index in [2.05, 4.69) is 4.72 Å². The molecule has 2 heterocycles. The lowest BCUT2D eigenvalue weighted by atomic mass is 10.2. The zero-order chi connectivity index (χ0) is 24.5. The van der Waals surface area contributed by atoms with Crippen LogP contribution in [0.1, 0.15) is 32.1 Å². The van der Waals surface area contributed by atoms with E-state index in [9.17, 15) is 26.4 Å². The van der Waals surface area contributed by atoms with Gasteiger partial charge in [0.2, 0.25) is 21.8 Å². The Kier molecular flexibility index (Phi) is 6.65. The molecule has 34 heavy (non-hydrogen) atoms. The molecule has 2 amide bonds. The van der Waals surface area contributed by atoms with Crippen LogP contribution in [0.3, 0.4) is 0 Å². The summed E-state index contributed by atoms with van der Waals surface area (Å²) in [4.78, 5) is 24.7. The van der Waals surface area contributed by atoms with Crippen molar-refractivity contribution < 1.29 is 31.2 Å². The molecule has 2 fully saturated rings. The number of rotatable bonds is 7. The lowest BCUT2D eigenvalue weighted by Crippen LogP contribution is -2.35. The van der Waals surface area contributed by atoms with Crippen molar-refractivity contribution in [2.45, 2.75) is 41.9 Å². The number of methoxy groups -OCH3 is 1. The summed E-state index contributed by atoms with van der Waals surface area (Å²) in [5, 5.41) is 0. The highest BCUT2D eigenvalue weighted by molar-refractivity contribution is 7.92. The number of nitrogens with one attached hydrogen (secondary N) is 1. The average molecular weight is 508 g/mol. The van der Waals surface area contributed by atoms with Gasteiger partial charge in [-0.25, -0.2) is 16.8 Å². The van der Waals surface area contributed by atoms with Crippen LogP contribution in [0.25, 0.3) is 0 Å². The van der Waals surface area contributed by atoms with E-state index in [0.717, 1.165) is 24.2 Å². The fourth-order valence-electron chi connectivity index (χ4n) is 4.02. The summed E-state index contributed by atoms with van der Waals surface area (Å²) in [6.45, 7) is 0.841. The summed E-state index contributed by atoms with van der Waals surface area (Å²) in [7, 11) is -6.56. The monoisotopic (exact) mass is 507 g/mol. The van der Waals surface area contributed by atoms with Crippen LogP contribution >= 0.6 is 0 Å². The molecule has 0 bridgehead atoms. The first kappa shape index (κ1) is 24.2. The summed E-state index contributed by atoms with van der Waals surface area (Å²) >= 11 is 0. The fraction of sp³-hybridized carbons (Fsp3) is 0.364. The SMILES string of the molecule is COc1ccc(S(=O)(=O)N2CCCCC2)cc1NS(=O)(=O)c1ccc(N2C(=O)CCC2=O)cc1. The quantitative estimate of drug-likeness (QED) is 0.569. The molecule has 0 unspecified atom stereocenters. The van der Waals surface area contributed by atoms with Crippen molar-refractivity contribution in [3.8, 4) is 5.75 Å². The molecule has 0 atom stereocenters. The summed E-state index contributed by atoms with van der Waals surface area (Å²) in [6.07, 6.45) is 2.77. The van der Waals surface area contributed by atoms with Gasteiger partial charge in [-0.1, -0.05) is 6.42 Å². The highest BCUT2D eigenvalue weighted by Gasteiger charge is 2.31. The zero-order valence-electron chi connectivity index (χ0n) is 18.6. The Balaban J connectivity index is 1.61. The first-order valence-electron chi connectivity index (χ1n) is 10.8. The van der Waals surface area contributed by atoms with Gasteiger partial charge in [0.05, 0.1) is 28.3 Å². The molecule has 12 heteroatoms. The molecule has 4 rings (SSSR count). The van der Waals surface area contributed by atoms with E-state index in [4.69, 9.17) is 4.74 Å². The number of ether oxygens (including phenoxy) is 1. The lowest BCUT2D eigenvalue weighted by molar-refractivity contribution is -0.121. The molecule has 2 aromatic carbocycles. The second kappa shape index (κ2) is 9.35. The van der Waals surface area contributed by atoms with Crippen molar-refractivity contribution >= 4 is 43.2 Å². The van der Waals surface area contributed by atoms with Crippen molar-refractivity contribution in [2.75, 3.05) is 29.8 Å². The standard InChI is InChI=1S/C22H25N3O7S2/c1-32-20-10-9-18(34(30,31)24-13-3-2-4-14-24)15-19(20)23-33(28,29)17-7-5-16(6-8-17)25-21(26)11-12-22(25)27/h5-10,15,23H,2-4,11-14H2,1H3. The Hall–Kier alpha value is -2.96. The normalized spacial score (nSPS) is 17.7. The third-order valence-corrected chi connectivity index (χ3v) is 9.10. The number of hydrogen-bond donors (Lipinski definition) is 1. The molecule has 10 nitrogen and oxygen atoms in total. The van der Waals surface area contributed by atoms with Gasteiger partial charge in [0, 0.05) is 25.9 Å². The van der Waals surface area contributed by atoms with Gasteiger partial charge >= 0.3 is 0 Å². The van der Waals surface area contributed by atoms with Crippen molar-refractivity contribution in [1.29, 1.82) is 0 Å². The zero-order valence-corrected chi connectivity index (χ0v) is 20.2. The predicted octanol–water partition coefficient (Wildman–Crippen LogP) is 2.32. The highest BCUT2D eigenvalue weighted by Crippen LogP contribution is 2.32. The van der Waals surface area contributed by atoms with Gasteiger partial charge in [-0.2, -0.15) is 4.31 Å². The minimum atomic E-state index is -4.13. The summed E-state index contributed by atoms with van der Waals surface area (Å²) in [5.74, 6) is -0.517. The van der Waals surface area contributed by atoms with Crippen LogP contribution < -0.4 is 14.4 Å². The number of nitrogens with zero attached hydrogens (tertiary/aromatic N) is 2. The molecule has 182 valence electrons. The van der Waals surface area contributed by atoms with Gasteiger partial charge in [-0.05, 0) is 55.3 Å². The van der Waals surface area contributed by atoms with Crippen LogP contribution in [0.5, 0.6) is 5.75 Å². The van der Waals surface area contributed by atoms with Gasteiger partial charge in [0.25, 0.3) is 10.0 Å². The molecule has 0 spiro atoms. The van der Waals surface area contributed by atoms with Crippen LogP contribution in [-0.2, 0) is 29.6 Å². The number of anilines is 2. The second-order valence-electron chi connectivity index (χ2n) is 8.05. The van der Waals surface area contributed by atoms with E-state index >= 15 is 0 Å². The molecular weight excluding hydrogens is 482 g/mol. The predicted molar refractivity (Wildman–Crippen MR) is 125 cm³/mol. The highest BCUT2D eigenvalue weighted by atomic mass is 32.2. The molecular formula is C22H25N3O7S2. The Morgan fingerprint density at radius 3 is 2.00 bits per heavy atom. The number of hydrogen-bond acceptors (Lipinski definition) is 7. The van der Waals surface area contributed by atoms with Crippen molar-refractivity contribution in [2.24, 2.45) is 0 Å².